The molecule has 0 bridgehead atoms. The standard InChI is InChI=1S/C23H27ClN4OS/c1-2-3-14-25-22(29)13-8-15-30-23-27-26-21(16-18-9-5-4-6-10-18)28(23)20-12-7-11-19(24)17-20/h4-7,9-12,17H,2-3,8,13-16H2,1H3,(H,25,29). The quantitative estimate of drug-likeness (QED) is 0.323. The fourth-order valence-electron chi connectivity index (χ4n) is 3.05. The van der Waals surface area contributed by atoms with Crippen LogP contribution in [-0.2, 0) is 11.2 Å². The van der Waals surface area contributed by atoms with Gasteiger partial charge in [0.1, 0.15) is 5.82 Å². The van der Waals surface area contributed by atoms with Crippen molar-refractivity contribution in [3.8, 4) is 5.69 Å². The van der Waals surface area contributed by atoms with Gasteiger partial charge >= 0.3 is 0 Å². The molecule has 0 aliphatic heterocycles. The molecule has 1 heterocycles. The van der Waals surface area contributed by atoms with Crippen molar-refractivity contribution in [2.24, 2.45) is 0 Å². The lowest BCUT2D eigenvalue weighted by molar-refractivity contribution is -0.121. The van der Waals surface area contributed by atoms with Crippen LogP contribution in [-0.4, -0.2) is 33.0 Å². The zero-order valence-corrected chi connectivity index (χ0v) is 18.8. The number of thioether (sulfide) groups is 1. The van der Waals surface area contributed by atoms with E-state index in [9.17, 15) is 4.79 Å². The van der Waals surface area contributed by atoms with Gasteiger partial charge in [0, 0.05) is 30.2 Å². The van der Waals surface area contributed by atoms with Gasteiger partial charge in [0.2, 0.25) is 5.91 Å². The van der Waals surface area contributed by atoms with Crippen LogP contribution in [0.3, 0.4) is 0 Å². The van der Waals surface area contributed by atoms with Gasteiger partial charge in [0.25, 0.3) is 0 Å². The number of hydrogen-bond donors (Lipinski definition) is 1. The maximum absolute atomic E-state index is 11.9. The van der Waals surface area contributed by atoms with E-state index in [0.717, 1.165) is 48.2 Å². The van der Waals surface area contributed by atoms with E-state index in [2.05, 4.69) is 39.1 Å². The number of aromatic nitrogens is 3. The van der Waals surface area contributed by atoms with E-state index in [0.29, 0.717) is 17.9 Å². The van der Waals surface area contributed by atoms with E-state index in [1.807, 2.05) is 42.5 Å². The molecule has 0 saturated carbocycles. The Kier molecular flexibility index (Phi) is 8.78. The van der Waals surface area contributed by atoms with Gasteiger partial charge in [-0.3, -0.25) is 9.36 Å². The maximum atomic E-state index is 11.9. The smallest absolute Gasteiger partial charge is 0.220 e. The monoisotopic (exact) mass is 442 g/mol. The molecule has 3 rings (SSSR count). The number of unbranched alkanes of at least 4 members (excludes halogenated alkanes) is 1. The molecule has 1 N–H and O–H groups in total. The van der Waals surface area contributed by atoms with E-state index < -0.39 is 0 Å². The summed E-state index contributed by atoms with van der Waals surface area (Å²) in [7, 11) is 0. The van der Waals surface area contributed by atoms with Crippen molar-refractivity contribution < 1.29 is 4.79 Å². The van der Waals surface area contributed by atoms with Crippen molar-refractivity contribution in [1.29, 1.82) is 0 Å². The minimum absolute atomic E-state index is 0.116. The number of rotatable bonds is 11. The van der Waals surface area contributed by atoms with Gasteiger partial charge in [-0.2, -0.15) is 0 Å². The fourth-order valence-corrected chi connectivity index (χ4v) is 4.14. The van der Waals surface area contributed by atoms with Crippen LogP contribution >= 0.6 is 23.4 Å². The van der Waals surface area contributed by atoms with Crippen molar-refractivity contribution in [3.63, 3.8) is 0 Å². The molecule has 0 atom stereocenters. The Bertz CT molecular complexity index is 945. The highest BCUT2D eigenvalue weighted by atomic mass is 35.5. The van der Waals surface area contributed by atoms with Crippen LogP contribution in [0.25, 0.3) is 5.69 Å². The first-order valence-electron chi connectivity index (χ1n) is 10.3. The molecule has 158 valence electrons. The summed E-state index contributed by atoms with van der Waals surface area (Å²) < 4.78 is 2.06. The van der Waals surface area contributed by atoms with E-state index in [1.54, 1.807) is 11.8 Å². The number of hydrogen-bond acceptors (Lipinski definition) is 4. The molecule has 0 saturated heterocycles. The molecular weight excluding hydrogens is 416 g/mol. The van der Waals surface area contributed by atoms with E-state index in [-0.39, 0.29) is 5.91 Å². The minimum Gasteiger partial charge on any atom is -0.356 e. The van der Waals surface area contributed by atoms with Crippen molar-refractivity contribution in [1.82, 2.24) is 20.1 Å². The normalized spacial score (nSPS) is 10.9. The van der Waals surface area contributed by atoms with Gasteiger partial charge in [-0.1, -0.05) is 73.1 Å². The van der Waals surface area contributed by atoms with Gasteiger partial charge in [0.15, 0.2) is 5.16 Å². The number of carbonyl (C=O) groups excluding carboxylic acids is 1. The number of amides is 1. The summed E-state index contributed by atoms with van der Waals surface area (Å²) in [6, 6.07) is 17.9. The number of nitrogens with one attached hydrogen (secondary N) is 1. The Hall–Kier alpha value is -2.31. The number of halogens is 1. The molecule has 1 aromatic heterocycles. The summed E-state index contributed by atoms with van der Waals surface area (Å²) in [5.41, 5.74) is 2.12. The third kappa shape index (κ3) is 6.61. The highest BCUT2D eigenvalue weighted by Gasteiger charge is 2.15. The average molecular weight is 443 g/mol. The average Bonchev–Trinajstić information content (AvgIpc) is 3.14. The van der Waals surface area contributed by atoms with Crippen LogP contribution in [0, 0.1) is 0 Å². The molecule has 3 aromatic rings. The molecule has 5 nitrogen and oxygen atoms in total. The molecular formula is C23H27ClN4OS. The van der Waals surface area contributed by atoms with Crippen molar-refractivity contribution in [2.75, 3.05) is 12.3 Å². The summed E-state index contributed by atoms with van der Waals surface area (Å²) in [4.78, 5) is 11.9. The minimum atomic E-state index is 0.116. The Balaban J connectivity index is 1.69. The van der Waals surface area contributed by atoms with Crippen LogP contribution in [0.2, 0.25) is 5.02 Å². The largest absolute Gasteiger partial charge is 0.356 e. The lowest BCUT2D eigenvalue weighted by Crippen LogP contribution is -2.24. The number of benzene rings is 2. The fraction of sp³-hybridized carbons (Fsp3) is 0.348. The van der Waals surface area contributed by atoms with Gasteiger partial charge in [-0.05, 0) is 36.6 Å². The molecule has 30 heavy (non-hydrogen) atoms. The lowest BCUT2D eigenvalue weighted by Gasteiger charge is -2.11. The molecule has 0 fully saturated rings. The van der Waals surface area contributed by atoms with Crippen LogP contribution < -0.4 is 5.32 Å². The Morgan fingerprint density at radius 2 is 1.93 bits per heavy atom. The molecule has 0 spiro atoms. The Morgan fingerprint density at radius 3 is 2.70 bits per heavy atom. The highest BCUT2D eigenvalue weighted by molar-refractivity contribution is 7.99. The molecule has 2 aromatic carbocycles. The van der Waals surface area contributed by atoms with E-state index >= 15 is 0 Å². The van der Waals surface area contributed by atoms with E-state index in [4.69, 9.17) is 11.6 Å². The van der Waals surface area contributed by atoms with Gasteiger partial charge in [0.05, 0.1) is 5.69 Å². The van der Waals surface area contributed by atoms with Gasteiger partial charge in [-0.25, -0.2) is 0 Å². The number of carbonyl (C=O) groups is 1. The third-order valence-electron chi connectivity index (χ3n) is 4.60. The van der Waals surface area contributed by atoms with Gasteiger partial charge in [-0.15, -0.1) is 10.2 Å². The summed E-state index contributed by atoms with van der Waals surface area (Å²) in [6.45, 7) is 2.87. The summed E-state index contributed by atoms with van der Waals surface area (Å²) >= 11 is 7.85. The molecule has 7 heteroatoms. The van der Waals surface area contributed by atoms with Crippen LogP contribution in [0.1, 0.15) is 44.0 Å². The second-order valence-corrected chi connectivity index (χ2v) is 8.53. The lowest BCUT2D eigenvalue weighted by atomic mass is 10.1. The van der Waals surface area contributed by atoms with Crippen LogP contribution in [0.5, 0.6) is 0 Å². The van der Waals surface area contributed by atoms with Crippen LogP contribution in [0.15, 0.2) is 59.8 Å². The zero-order valence-electron chi connectivity index (χ0n) is 17.2. The molecule has 1 amide bonds. The second-order valence-electron chi connectivity index (χ2n) is 7.03. The predicted octanol–water partition coefficient (Wildman–Crippen LogP) is 5.30. The van der Waals surface area contributed by atoms with E-state index in [1.165, 1.54) is 5.56 Å². The Labute approximate surface area is 187 Å². The molecule has 0 unspecified atom stereocenters. The summed E-state index contributed by atoms with van der Waals surface area (Å²) in [5, 5.41) is 13.3. The first kappa shape index (κ1) is 22.4. The van der Waals surface area contributed by atoms with Crippen molar-refractivity contribution in [2.45, 2.75) is 44.2 Å². The molecule has 0 radical (unpaired) electrons. The van der Waals surface area contributed by atoms with Crippen LogP contribution in [0.4, 0.5) is 0 Å². The second kappa shape index (κ2) is 11.8. The first-order chi connectivity index (χ1) is 14.7. The predicted molar refractivity (Wildman–Crippen MR) is 123 cm³/mol. The molecule has 0 aliphatic rings. The zero-order chi connectivity index (χ0) is 21.2. The van der Waals surface area contributed by atoms with Crippen molar-refractivity contribution in [3.05, 3.63) is 71.0 Å². The summed E-state index contributed by atoms with van der Waals surface area (Å²) in [6.07, 6.45) is 4.10. The number of nitrogens with zero attached hydrogens (tertiary/aromatic N) is 3. The Morgan fingerprint density at radius 1 is 1.10 bits per heavy atom. The van der Waals surface area contributed by atoms with Gasteiger partial charge < -0.3 is 5.32 Å². The molecule has 0 aliphatic carbocycles. The first-order valence-corrected chi connectivity index (χ1v) is 11.7. The SMILES string of the molecule is CCCCNC(=O)CCCSc1nnc(Cc2ccccc2)n1-c1cccc(Cl)c1. The maximum Gasteiger partial charge on any atom is 0.220 e. The van der Waals surface area contributed by atoms with Crippen molar-refractivity contribution >= 4 is 29.3 Å². The topological polar surface area (TPSA) is 59.8 Å². The highest BCUT2D eigenvalue weighted by Crippen LogP contribution is 2.25. The third-order valence-corrected chi connectivity index (χ3v) is 5.85. The summed E-state index contributed by atoms with van der Waals surface area (Å²) in [5.74, 6) is 1.78.